The van der Waals surface area contributed by atoms with Crippen LogP contribution < -0.4 is 5.73 Å². The summed E-state index contributed by atoms with van der Waals surface area (Å²) in [6.07, 6.45) is 4.59. The van der Waals surface area contributed by atoms with E-state index in [9.17, 15) is 4.79 Å². The highest BCUT2D eigenvalue weighted by Crippen LogP contribution is 2.31. The van der Waals surface area contributed by atoms with Crippen molar-refractivity contribution >= 4 is 5.91 Å². The van der Waals surface area contributed by atoms with Crippen LogP contribution >= 0.6 is 0 Å². The molecule has 0 atom stereocenters. The number of likely N-dealkylation sites (tertiary alicyclic amines) is 1. The third-order valence-corrected chi connectivity index (χ3v) is 3.78. The van der Waals surface area contributed by atoms with E-state index >= 15 is 0 Å². The molecule has 1 saturated carbocycles. The van der Waals surface area contributed by atoms with E-state index in [0.29, 0.717) is 5.91 Å². The largest absolute Gasteiger partial charge is 0.339 e. The first-order chi connectivity index (χ1) is 6.98. The van der Waals surface area contributed by atoms with E-state index in [1.807, 2.05) is 11.8 Å². The van der Waals surface area contributed by atoms with Gasteiger partial charge in [-0.3, -0.25) is 4.79 Å². The van der Waals surface area contributed by atoms with E-state index in [1.165, 1.54) is 12.8 Å². The Labute approximate surface area is 92.0 Å². The zero-order chi connectivity index (χ0) is 11.1. The van der Waals surface area contributed by atoms with Crippen LogP contribution in [0.5, 0.6) is 0 Å². The van der Waals surface area contributed by atoms with Crippen LogP contribution in [0.4, 0.5) is 0 Å². The summed E-state index contributed by atoms with van der Waals surface area (Å²) in [6.45, 7) is 5.79. The molecule has 1 saturated heterocycles. The number of amides is 1. The molecule has 2 N–H and O–H groups in total. The Balaban J connectivity index is 1.82. The molecular formula is C12H22N2O. The van der Waals surface area contributed by atoms with Gasteiger partial charge in [0.05, 0.1) is 0 Å². The van der Waals surface area contributed by atoms with E-state index in [-0.39, 0.29) is 11.5 Å². The van der Waals surface area contributed by atoms with Gasteiger partial charge in [0.25, 0.3) is 0 Å². The van der Waals surface area contributed by atoms with Gasteiger partial charge in [0.2, 0.25) is 5.91 Å². The maximum Gasteiger partial charge on any atom is 0.225 e. The van der Waals surface area contributed by atoms with Crippen molar-refractivity contribution in [1.29, 1.82) is 0 Å². The fraction of sp³-hybridized carbons (Fsp3) is 0.917. The monoisotopic (exact) mass is 210 g/mol. The Morgan fingerprint density at radius 1 is 1.27 bits per heavy atom. The lowest BCUT2D eigenvalue weighted by atomic mass is 9.81. The van der Waals surface area contributed by atoms with Crippen molar-refractivity contribution in [1.82, 2.24) is 4.90 Å². The van der Waals surface area contributed by atoms with Crippen LogP contribution in [-0.4, -0.2) is 29.4 Å². The molecule has 15 heavy (non-hydrogen) atoms. The highest BCUT2D eigenvalue weighted by molar-refractivity contribution is 5.80. The molecule has 0 unspecified atom stereocenters. The molecule has 1 aliphatic carbocycles. The van der Waals surface area contributed by atoms with Crippen molar-refractivity contribution in [2.75, 3.05) is 13.1 Å². The Hall–Kier alpha value is -0.570. The lowest BCUT2D eigenvalue weighted by Crippen LogP contribution is -2.67. The minimum atomic E-state index is -0.127. The fourth-order valence-corrected chi connectivity index (χ4v) is 2.75. The maximum atomic E-state index is 12.0. The Bertz CT molecular complexity index is 246. The van der Waals surface area contributed by atoms with Crippen LogP contribution in [0, 0.1) is 11.8 Å². The number of carbonyl (C=O) groups excluding carboxylic acids is 1. The fourth-order valence-electron chi connectivity index (χ4n) is 2.75. The number of hydrogen-bond acceptors (Lipinski definition) is 2. The van der Waals surface area contributed by atoms with Gasteiger partial charge < -0.3 is 10.6 Å². The lowest BCUT2D eigenvalue weighted by Gasteiger charge is -2.47. The Kier molecular flexibility index (Phi) is 2.75. The summed E-state index contributed by atoms with van der Waals surface area (Å²) in [5.41, 5.74) is 5.78. The molecule has 86 valence electrons. The summed E-state index contributed by atoms with van der Waals surface area (Å²) < 4.78 is 0. The van der Waals surface area contributed by atoms with Crippen LogP contribution in [0.2, 0.25) is 0 Å². The second-order valence-electron chi connectivity index (χ2n) is 5.81. The van der Waals surface area contributed by atoms with Crippen molar-refractivity contribution in [2.24, 2.45) is 17.6 Å². The molecule has 3 nitrogen and oxygen atoms in total. The maximum absolute atomic E-state index is 12.0. The number of rotatable bonds is 1. The first kappa shape index (κ1) is 10.9. The van der Waals surface area contributed by atoms with Crippen molar-refractivity contribution in [3.05, 3.63) is 0 Å². The zero-order valence-corrected chi connectivity index (χ0v) is 9.83. The van der Waals surface area contributed by atoms with Crippen molar-refractivity contribution in [3.63, 3.8) is 0 Å². The molecule has 1 amide bonds. The standard InChI is InChI=1S/C12H22N2O/c1-9-3-5-10(6-4-9)11(15)14-7-12(2,13)8-14/h9-10H,3-8,13H2,1-2H3. The molecular weight excluding hydrogens is 188 g/mol. The Morgan fingerprint density at radius 2 is 1.80 bits per heavy atom. The van der Waals surface area contributed by atoms with E-state index in [1.54, 1.807) is 0 Å². The number of nitrogens with zero attached hydrogens (tertiary/aromatic N) is 1. The van der Waals surface area contributed by atoms with Crippen molar-refractivity contribution in [3.8, 4) is 0 Å². The third kappa shape index (κ3) is 2.33. The van der Waals surface area contributed by atoms with Crippen LogP contribution in [0.15, 0.2) is 0 Å². The summed E-state index contributed by atoms with van der Waals surface area (Å²) in [5, 5.41) is 0. The molecule has 0 spiro atoms. The summed E-state index contributed by atoms with van der Waals surface area (Å²) in [5.74, 6) is 1.45. The van der Waals surface area contributed by atoms with Gasteiger partial charge in [0, 0.05) is 24.5 Å². The van der Waals surface area contributed by atoms with Gasteiger partial charge in [-0.2, -0.15) is 0 Å². The first-order valence-electron chi connectivity index (χ1n) is 6.05. The van der Waals surface area contributed by atoms with Crippen LogP contribution in [0.1, 0.15) is 39.5 Å². The van der Waals surface area contributed by atoms with Gasteiger partial charge in [0.15, 0.2) is 0 Å². The van der Waals surface area contributed by atoms with Crippen LogP contribution in [0.3, 0.4) is 0 Å². The lowest BCUT2D eigenvalue weighted by molar-refractivity contribution is -0.143. The number of hydrogen-bond donors (Lipinski definition) is 1. The van der Waals surface area contributed by atoms with E-state index in [0.717, 1.165) is 31.8 Å². The van der Waals surface area contributed by atoms with Gasteiger partial charge in [0.1, 0.15) is 0 Å². The summed E-state index contributed by atoms with van der Waals surface area (Å²) in [4.78, 5) is 14.0. The number of carbonyl (C=O) groups is 1. The van der Waals surface area contributed by atoms with E-state index in [4.69, 9.17) is 5.73 Å². The number of nitrogens with two attached hydrogens (primary N) is 1. The zero-order valence-electron chi connectivity index (χ0n) is 9.83. The molecule has 0 aromatic rings. The molecule has 2 fully saturated rings. The van der Waals surface area contributed by atoms with Crippen LogP contribution in [-0.2, 0) is 4.79 Å². The third-order valence-electron chi connectivity index (χ3n) is 3.78. The molecule has 3 heteroatoms. The second kappa shape index (κ2) is 3.78. The highest BCUT2D eigenvalue weighted by Gasteiger charge is 2.40. The van der Waals surface area contributed by atoms with E-state index < -0.39 is 0 Å². The minimum Gasteiger partial charge on any atom is -0.339 e. The second-order valence-corrected chi connectivity index (χ2v) is 5.81. The van der Waals surface area contributed by atoms with Gasteiger partial charge >= 0.3 is 0 Å². The average Bonchev–Trinajstić information content (AvgIpc) is 2.14. The molecule has 2 rings (SSSR count). The summed E-state index contributed by atoms with van der Waals surface area (Å²) in [6, 6.07) is 0. The normalized spacial score (nSPS) is 34.7. The van der Waals surface area contributed by atoms with Gasteiger partial charge in [-0.15, -0.1) is 0 Å². The molecule has 1 aliphatic heterocycles. The highest BCUT2D eigenvalue weighted by atomic mass is 16.2. The summed E-state index contributed by atoms with van der Waals surface area (Å²) >= 11 is 0. The van der Waals surface area contributed by atoms with E-state index in [2.05, 4.69) is 6.92 Å². The van der Waals surface area contributed by atoms with Crippen molar-refractivity contribution < 1.29 is 4.79 Å². The molecule has 1 heterocycles. The quantitative estimate of drug-likeness (QED) is 0.710. The summed E-state index contributed by atoms with van der Waals surface area (Å²) in [7, 11) is 0. The predicted octanol–water partition coefficient (Wildman–Crippen LogP) is 1.37. The molecule has 0 aromatic heterocycles. The Morgan fingerprint density at radius 3 is 2.27 bits per heavy atom. The predicted molar refractivity (Wildman–Crippen MR) is 60.3 cm³/mol. The van der Waals surface area contributed by atoms with Gasteiger partial charge in [-0.05, 0) is 38.5 Å². The molecule has 0 aromatic carbocycles. The van der Waals surface area contributed by atoms with Crippen LogP contribution in [0.25, 0.3) is 0 Å². The first-order valence-corrected chi connectivity index (χ1v) is 6.05. The average molecular weight is 210 g/mol. The van der Waals surface area contributed by atoms with Crippen molar-refractivity contribution in [2.45, 2.75) is 45.1 Å². The molecule has 0 radical (unpaired) electrons. The topological polar surface area (TPSA) is 46.3 Å². The molecule has 2 aliphatic rings. The van der Waals surface area contributed by atoms with Gasteiger partial charge in [-0.1, -0.05) is 6.92 Å². The smallest absolute Gasteiger partial charge is 0.225 e. The molecule has 0 bridgehead atoms. The minimum absolute atomic E-state index is 0.127. The van der Waals surface area contributed by atoms with Gasteiger partial charge in [-0.25, -0.2) is 0 Å². The SMILES string of the molecule is CC1CCC(C(=O)N2CC(C)(N)C2)CC1.